The van der Waals surface area contributed by atoms with Crippen molar-refractivity contribution in [3.8, 4) is 0 Å². The van der Waals surface area contributed by atoms with Gasteiger partial charge in [0.2, 0.25) is 5.91 Å². The van der Waals surface area contributed by atoms with Crippen LogP contribution in [0.25, 0.3) is 0 Å². The number of hydrogen-bond donors (Lipinski definition) is 2. The van der Waals surface area contributed by atoms with Crippen LogP contribution in [0.1, 0.15) is 25.3 Å². The van der Waals surface area contributed by atoms with Crippen LogP contribution in [-0.2, 0) is 11.3 Å². The van der Waals surface area contributed by atoms with Crippen molar-refractivity contribution in [2.45, 2.75) is 26.3 Å². The molecule has 0 unspecified atom stereocenters. The zero-order chi connectivity index (χ0) is 10.9. The minimum atomic E-state index is 0.0923. The minimum Gasteiger partial charge on any atom is -0.364 e. The molecule has 0 radical (unpaired) electrons. The SMILES string of the molecule is CCCNC(=O)CCNCc1cnoc1. The monoisotopic (exact) mass is 211 g/mol. The first-order valence-corrected chi connectivity index (χ1v) is 5.18. The molecule has 15 heavy (non-hydrogen) atoms. The Kier molecular flexibility index (Phi) is 5.47. The molecule has 0 aliphatic carbocycles. The van der Waals surface area contributed by atoms with Gasteiger partial charge in [0.05, 0.1) is 6.20 Å². The molecule has 1 aromatic heterocycles. The highest BCUT2D eigenvalue weighted by Crippen LogP contribution is 1.94. The molecule has 0 aromatic carbocycles. The lowest BCUT2D eigenvalue weighted by atomic mass is 10.3. The van der Waals surface area contributed by atoms with E-state index < -0.39 is 0 Å². The van der Waals surface area contributed by atoms with Gasteiger partial charge in [0.25, 0.3) is 0 Å². The third-order valence-electron chi connectivity index (χ3n) is 1.91. The molecule has 1 amide bonds. The zero-order valence-electron chi connectivity index (χ0n) is 8.95. The summed E-state index contributed by atoms with van der Waals surface area (Å²) in [5, 5.41) is 9.53. The highest BCUT2D eigenvalue weighted by atomic mass is 16.5. The number of aromatic nitrogens is 1. The predicted molar refractivity (Wildman–Crippen MR) is 56.1 cm³/mol. The van der Waals surface area contributed by atoms with Crippen LogP contribution >= 0.6 is 0 Å². The highest BCUT2D eigenvalue weighted by Gasteiger charge is 1.99. The molecule has 0 spiro atoms. The molecule has 1 rings (SSSR count). The lowest BCUT2D eigenvalue weighted by Gasteiger charge is -2.03. The maximum atomic E-state index is 11.2. The van der Waals surface area contributed by atoms with E-state index in [0.29, 0.717) is 19.5 Å². The summed E-state index contributed by atoms with van der Waals surface area (Å²) in [6.45, 7) is 4.14. The van der Waals surface area contributed by atoms with Crippen molar-refractivity contribution in [1.29, 1.82) is 0 Å². The molecule has 2 N–H and O–H groups in total. The molecule has 0 atom stereocenters. The lowest BCUT2D eigenvalue weighted by Crippen LogP contribution is -2.27. The first-order chi connectivity index (χ1) is 7.33. The van der Waals surface area contributed by atoms with E-state index in [1.54, 1.807) is 12.5 Å². The van der Waals surface area contributed by atoms with E-state index in [4.69, 9.17) is 0 Å². The van der Waals surface area contributed by atoms with Gasteiger partial charge in [0.1, 0.15) is 6.26 Å². The van der Waals surface area contributed by atoms with E-state index in [0.717, 1.165) is 18.5 Å². The van der Waals surface area contributed by atoms with E-state index in [-0.39, 0.29) is 5.91 Å². The molecule has 0 fully saturated rings. The molecule has 0 saturated carbocycles. The quantitative estimate of drug-likeness (QED) is 0.651. The van der Waals surface area contributed by atoms with Crippen molar-refractivity contribution in [3.63, 3.8) is 0 Å². The molecular weight excluding hydrogens is 194 g/mol. The van der Waals surface area contributed by atoms with Crippen LogP contribution in [0.5, 0.6) is 0 Å². The average Bonchev–Trinajstić information content (AvgIpc) is 2.74. The van der Waals surface area contributed by atoms with E-state index in [1.165, 1.54) is 0 Å². The first-order valence-electron chi connectivity index (χ1n) is 5.18. The van der Waals surface area contributed by atoms with Gasteiger partial charge in [-0.3, -0.25) is 4.79 Å². The van der Waals surface area contributed by atoms with Gasteiger partial charge in [-0.05, 0) is 6.42 Å². The Morgan fingerprint density at radius 1 is 1.53 bits per heavy atom. The summed E-state index contributed by atoms with van der Waals surface area (Å²) < 4.78 is 4.68. The van der Waals surface area contributed by atoms with Crippen LogP contribution < -0.4 is 10.6 Å². The molecule has 1 heterocycles. The minimum absolute atomic E-state index is 0.0923. The average molecular weight is 211 g/mol. The summed E-state index contributed by atoms with van der Waals surface area (Å²) in [7, 11) is 0. The lowest BCUT2D eigenvalue weighted by molar-refractivity contribution is -0.120. The number of hydrogen-bond acceptors (Lipinski definition) is 4. The normalized spacial score (nSPS) is 10.2. The van der Waals surface area contributed by atoms with Crippen molar-refractivity contribution < 1.29 is 9.32 Å². The Morgan fingerprint density at radius 3 is 3.07 bits per heavy atom. The maximum Gasteiger partial charge on any atom is 0.221 e. The fraction of sp³-hybridized carbons (Fsp3) is 0.600. The van der Waals surface area contributed by atoms with Crippen LogP contribution in [0.15, 0.2) is 17.0 Å². The van der Waals surface area contributed by atoms with Crippen molar-refractivity contribution in [1.82, 2.24) is 15.8 Å². The van der Waals surface area contributed by atoms with Gasteiger partial charge < -0.3 is 15.2 Å². The summed E-state index contributed by atoms with van der Waals surface area (Å²) in [5.74, 6) is 0.0923. The molecular formula is C10H17N3O2. The molecule has 5 nitrogen and oxygen atoms in total. The Balaban J connectivity index is 1.99. The highest BCUT2D eigenvalue weighted by molar-refractivity contribution is 5.75. The molecule has 84 valence electrons. The van der Waals surface area contributed by atoms with Crippen molar-refractivity contribution >= 4 is 5.91 Å². The number of rotatable bonds is 7. The number of carbonyl (C=O) groups excluding carboxylic acids is 1. The predicted octanol–water partition coefficient (Wildman–Crippen LogP) is 0.680. The number of nitrogens with zero attached hydrogens (tertiary/aromatic N) is 1. The van der Waals surface area contributed by atoms with E-state index in [1.807, 2.05) is 6.92 Å². The maximum absolute atomic E-state index is 11.2. The Morgan fingerprint density at radius 2 is 2.40 bits per heavy atom. The van der Waals surface area contributed by atoms with E-state index in [2.05, 4.69) is 20.3 Å². The van der Waals surface area contributed by atoms with Crippen molar-refractivity contribution in [2.24, 2.45) is 0 Å². The molecule has 0 bridgehead atoms. The third kappa shape index (κ3) is 5.17. The Labute approximate surface area is 89.2 Å². The topological polar surface area (TPSA) is 67.2 Å². The molecule has 5 heteroatoms. The van der Waals surface area contributed by atoms with Gasteiger partial charge in [0, 0.05) is 31.6 Å². The second-order valence-electron chi connectivity index (χ2n) is 3.31. The van der Waals surface area contributed by atoms with Gasteiger partial charge in [-0.2, -0.15) is 0 Å². The fourth-order valence-corrected chi connectivity index (χ4v) is 1.10. The summed E-state index contributed by atoms with van der Waals surface area (Å²) >= 11 is 0. The summed E-state index contributed by atoms with van der Waals surface area (Å²) in [6, 6.07) is 0. The van der Waals surface area contributed by atoms with Crippen LogP contribution in [0.3, 0.4) is 0 Å². The van der Waals surface area contributed by atoms with Gasteiger partial charge in [-0.25, -0.2) is 0 Å². The van der Waals surface area contributed by atoms with Gasteiger partial charge in [0.15, 0.2) is 0 Å². The first kappa shape index (κ1) is 11.7. The van der Waals surface area contributed by atoms with Crippen molar-refractivity contribution in [2.75, 3.05) is 13.1 Å². The third-order valence-corrected chi connectivity index (χ3v) is 1.91. The second-order valence-corrected chi connectivity index (χ2v) is 3.31. The van der Waals surface area contributed by atoms with Crippen LogP contribution in [0, 0.1) is 0 Å². The van der Waals surface area contributed by atoms with Gasteiger partial charge >= 0.3 is 0 Å². The largest absolute Gasteiger partial charge is 0.364 e. The molecule has 0 aliphatic heterocycles. The number of amides is 1. The molecule has 0 saturated heterocycles. The van der Waals surface area contributed by atoms with E-state index in [9.17, 15) is 4.79 Å². The Bertz CT molecular complexity index is 272. The number of nitrogens with one attached hydrogen (secondary N) is 2. The second kappa shape index (κ2) is 7.00. The van der Waals surface area contributed by atoms with Crippen molar-refractivity contribution in [3.05, 3.63) is 18.0 Å². The zero-order valence-corrected chi connectivity index (χ0v) is 8.95. The fourth-order valence-electron chi connectivity index (χ4n) is 1.10. The molecule has 1 aromatic rings. The Hall–Kier alpha value is -1.36. The van der Waals surface area contributed by atoms with Crippen LogP contribution in [0.4, 0.5) is 0 Å². The van der Waals surface area contributed by atoms with E-state index >= 15 is 0 Å². The summed E-state index contributed by atoms with van der Waals surface area (Å²) in [6.07, 6.45) is 4.72. The summed E-state index contributed by atoms with van der Waals surface area (Å²) in [4.78, 5) is 11.2. The molecule has 0 aliphatic rings. The van der Waals surface area contributed by atoms with Crippen LogP contribution in [-0.4, -0.2) is 24.2 Å². The van der Waals surface area contributed by atoms with Gasteiger partial charge in [-0.1, -0.05) is 12.1 Å². The number of carbonyl (C=O) groups is 1. The summed E-state index contributed by atoms with van der Waals surface area (Å²) in [5.41, 5.74) is 0.990. The smallest absolute Gasteiger partial charge is 0.221 e. The van der Waals surface area contributed by atoms with Gasteiger partial charge in [-0.15, -0.1) is 0 Å². The van der Waals surface area contributed by atoms with Crippen LogP contribution in [0.2, 0.25) is 0 Å². The standard InChI is InChI=1S/C10H17N3O2/c1-2-4-12-10(14)3-5-11-6-9-7-13-15-8-9/h7-8,11H,2-6H2,1H3,(H,12,14).